The smallest absolute Gasteiger partial charge is 0.314 e. The summed E-state index contributed by atoms with van der Waals surface area (Å²) in [5.41, 5.74) is 7.73. The highest BCUT2D eigenvalue weighted by atomic mass is 16.2. The summed E-state index contributed by atoms with van der Waals surface area (Å²) in [5.74, 6) is -1.18. The Balaban J connectivity index is 1.70. The summed E-state index contributed by atoms with van der Waals surface area (Å²) in [6, 6.07) is 16.5. The molecule has 2 aromatic rings. The van der Waals surface area contributed by atoms with E-state index in [9.17, 15) is 24.0 Å². The molecule has 13 heteroatoms. The second-order valence-corrected chi connectivity index (χ2v) is 14.5. The Morgan fingerprint density at radius 2 is 1.42 bits per heavy atom. The van der Waals surface area contributed by atoms with Crippen molar-refractivity contribution in [1.29, 1.82) is 0 Å². The van der Waals surface area contributed by atoms with Gasteiger partial charge in [0, 0.05) is 39.1 Å². The number of hydrogen-bond donors (Lipinski definition) is 7. The summed E-state index contributed by atoms with van der Waals surface area (Å²) in [5, 5.41) is 17.5. The van der Waals surface area contributed by atoms with Gasteiger partial charge in [-0.15, -0.1) is 0 Å². The van der Waals surface area contributed by atoms with Gasteiger partial charge in [0.25, 0.3) is 0 Å². The lowest BCUT2D eigenvalue weighted by atomic mass is 9.99. The predicted molar refractivity (Wildman–Crippen MR) is 208 cm³/mol. The third-order valence-electron chi connectivity index (χ3n) is 9.56. The van der Waals surface area contributed by atoms with Crippen molar-refractivity contribution in [1.82, 2.24) is 36.8 Å². The molecule has 1 heterocycles. The van der Waals surface area contributed by atoms with Crippen molar-refractivity contribution in [3.05, 3.63) is 71.8 Å². The van der Waals surface area contributed by atoms with Gasteiger partial charge in [0.15, 0.2) is 0 Å². The van der Waals surface area contributed by atoms with E-state index in [1.54, 1.807) is 11.9 Å². The van der Waals surface area contributed by atoms with Crippen LogP contribution in [0.1, 0.15) is 82.8 Å². The van der Waals surface area contributed by atoms with E-state index in [2.05, 4.69) is 38.8 Å². The number of nitrogens with zero attached hydrogens (tertiary/aromatic N) is 1. The van der Waals surface area contributed by atoms with E-state index in [1.807, 2.05) is 74.5 Å². The number of carbonyl (C=O) groups is 5. The van der Waals surface area contributed by atoms with E-state index < -0.39 is 29.9 Å². The molecule has 1 aliphatic rings. The number of nitrogens with two attached hydrogens (primary N) is 1. The molecule has 0 unspecified atom stereocenters. The molecule has 0 spiro atoms. The van der Waals surface area contributed by atoms with Gasteiger partial charge in [-0.2, -0.15) is 0 Å². The van der Waals surface area contributed by atoms with E-state index >= 15 is 0 Å². The molecule has 1 fully saturated rings. The number of amides is 6. The van der Waals surface area contributed by atoms with Crippen LogP contribution in [0.2, 0.25) is 0 Å². The first-order chi connectivity index (χ1) is 25.5. The van der Waals surface area contributed by atoms with Gasteiger partial charge in [-0.3, -0.25) is 19.2 Å². The van der Waals surface area contributed by atoms with Gasteiger partial charge in [0.1, 0.15) is 18.1 Å². The molecule has 292 valence electrons. The SMILES string of the molecule is CNC(=O)NC1CCN(C(=O)[C@@H](CCCCCN)NC(=O)[C@@H](CC(C)C)NC(=O)[C@@H](Cc2ccccc2)NC(=O)CNC[C@H](C)c2ccccc2)CC1. The quantitative estimate of drug-likeness (QED) is 0.0961. The lowest BCUT2D eigenvalue weighted by Crippen LogP contribution is -2.58. The maximum atomic E-state index is 14.0. The Morgan fingerprint density at radius 3 is 2.04 bits per heavy atom. The summed E-state index contributed by atoms with van der Waals surface area (Å²) >= 11 is 0. The summed E-state index contributed by atoms with van der Waals surface area (Å²) in [4.78, 5) is 68.4. The van der Waals surface area contributed by atoms with Crippen LogP contribution >= 0.6 is 0 Å². The molecule has 0 radical (unpaired) electrons. The molecule has 2 aromatic carbocycles. The molecule has 6 amide bonds. The third-order valence-corrected chi connectivity index (χ3v) is 9.56. The van der Waals surface area contributed by atoms with Gasteiger partial charge in [-0.1, -0.05) is 94.3 Å². The summed E-state index contributed by atoms with van der Waals surface area (Å²) in [6.07, 6.45) is 4.56. The summed E-state index contributed by atoms with van der Waals surface area (Å²) in [6.45, 7) is 8.07. The lowest BCUT2D eigenvalue weighted by Gasteiger charge is -2.35. The average Bonchev–Trinajstić information content (AvgIpc) is 3.15. The predicted octanol–water partition coefficient (Wildman–Crippen LogP) is 2.56. The average molecular weight is 735 g/mol. The van der Waals surface area contributed by atoms with Crippen molar-refractivity contribution in [3.63, 3.8) is 0 Å². The van der Waals surface area contributed by atoms with Crippen LogP contribution in [0, 0.1) is 5.92 Å². The minimum absolute atomic E-state index is 0.0265. The summed E-state index contributed by atoms with van der Waals surface area (Å²) in [7, 11) is 1.56. The van der Waals surface area contributed by atoms with Crippen molar-refractivity contribution < 1.29 is 24.0 Å². The fourth-order valence-electron chi connectivity index (χ4n) is 6.50. The molecule has 3 rings (SSSR count). The second-order valence-electron chi connectivity index (χ2n) is 14.5. The van der Waals surface area contributed by atoms with Crippen LogP contribution in [0.5, 0.6) is 0 Å². The molecule has 8 N–H and O–H groups in total. The van der Waals surface area contributed by atoms with E-state index in [0.29, 0.717) is 58.3 Å². The van der Waals surface area contributed by atoms with E-state index in [4.69, 9.17) is 5.73 Å². The summed E-state index contributed by atoms with van der Waals surface area (Å²) < 4.78 is 0. The number of nitrogens with one attached hydrogen (secondary N) is 6. The van der Waals surface area contributed by atoms with Gasteiger partial charge < -0.3 is 42.5 Å². The van der Waals surface area contributed by atoms with Gasteiger partial charge in [-0.25, -0.2) is 4.79 Å². The molecule has 0 aliphatic carbocycles. The number of likely N-dealkylation sites (tertiary alicyclic amines) is 1. The molecule has 53 heavy (non-hydrogen) atoms. The van der Waals surface area contributed by atoms with Crippen molar-refractivity contribution in [2.45, 2.75) is 102 Å². The normalized spacial score (nSPS) is 15.5. The maximum absolute atomic E-state index is 14.0. The van der Waals surface area contributed by atoms with E-state index in [0.717, 1.165) is 24.0 Å². The molecule has 1 aliphatic heterocycles. The lowest BCUT2D eigenvalue weighted by molar-refractivity contribution is -0.138. The van der Waals surface area contributed by atoms with Crippen molar-refractivity contribution in [3.8, 4) is 0 Å². The monoisotopic (exact) mass is 734 g/mol. The topological polar surface area (TPSA) is 187 Å². The van der Waals surface area contributed by atoms with Crippen LogP contribution < -0.4 is 37.6 Å². The van der Waals surface area contributed by atoms with Crippen molar-refractivity contribution >= 4 is 29.7 Å². The van der Waals surface area contributed by atoms with Crippen LogP contribution in [0.3, 0.4) is 0 Å². The first-order valence-corrected chi connectivity index (χ1v) is 19.2. The number of rotatable bonds is 21. The van der Waals surface area contributed by atoms with Gasteiger partial charge in [0.2, 0.25) is 23.6 Å². The Hall–Kier alpha value is -4.49. The van der Waals surface area contributed by atoms with Crippen LogP contribution in [0.25, 0.3) is 0 Å². The number of urea groups is 1. The second kappa shape index (κ2) is 23.2. The Kier molecular flexibility index (Phi) is 18.8. The van der Waals surface area contributed by atoms with Crippen molar-refractivity contribution in [2.24, 2.45) is 11.7 Å². The Bertz CT molecular complexity index is 1420. The molecule has 0 saturated carbocycles. The standard InChI is InChI=1S/C40H62N8O5/c1-28(2)24-34(37(50)46-33(18-12-7-13-21-41)39(52)48-22-19-32(20-23-48)44-40(53)42-4)47-38(51)35(25-30-14-8-5-9-15-30)45-36(49)27-43-26-29(3)31-16-10-6-11-17-31/h5-6,8-11,14-17,28-29,32-35,43H,7,12-13,18-27,41H2,1-4H3,(H,45,49)(H,46,50)(H,47,51)(H2,42,44,53)/t29-,33+,34+,35+/m0/s1. The number of carbonyl (C=O) groups excluding carboxylic acids is 5. The highest BCUT2D eigenvalue weighted by molar-refractivity contribution is 5.94. The molecule has 0 aromatic heterocycles. The molecule has 0 bridgehead atoms. The highest BCUT2D eigenvalue weighted by Crippen LogP contribution is 2.16. The molecule has 13 nitrogen and oxygen atoms in total. The van der Waals surface area contributed by atoms with Gasteiger partial charge in [-0.05, 0) is 61.6 Å². The van der Waals surface area contributed by atoms with Crippen LogP contribution in [-0.4, -0.2) is 98.5 Å². The van der Waals surface area contributed by atoms with Crippen LogP contribution in [0.15, 0.2) is 60.7 Å². The van der Waals surface area contributed by atoms with Gasteiger partial charge in [0.05, 0.1) is 6.54 Å². The Labute approximate surface area is 315 Å². The first-order valence-electron chi connectivity index (χ1n) is 19.2. The highest BCUT2D eigenvalue weighted by Gasteiger charge is 2.33. The molecule has 4 atom stereocenters. The number of piperidine rings is 1. The zero-order valence-electron chi connectivity index (χ0n) is 32.0. The minimum Gasteiger partial charge on any atom is -0.343 e. The zero-order valence-corrected chi connectivity index (χ0v) is 32.0. The molecular weight excluding hydrogens is 672 g/mol. The first kappa shape index (κ1) is 42.9. The largest absolute Gasteiger partial charge is 0.343 e. The van der Waals surface area contributed by atoms with Crippen LogP contribution in [-0.2, 0) is 25.6 Å². The van der Waals surface area contributed by atoms with Gasteiger partial charge >= 0.3 is 6.03 Å². The minimum atomic E-state index is -0.931. The fraction of sp³-hybridized carbons (Fsp3) is 0.575. The third kappa shape index (κ3) is 15.6. The molecular formula is C40H62N8O5. The number of benzene rings is 2. The van der Waals surface area contributed by atoms with E-state index in [1.165, 1.54) is 0 Å². The number of hydrogen-bond acceptors (Lipinski definition) is 7. The molecule has 1 saturated heterocycles. The van der Waals surface area contributed by atoms with E-state index in [-0.39, 0.29) is 48.7 Å². The van der Waals surface area contributed by atoms with Crippen LogP contribution in [0.4, 0.5) is 4.79 Å². The zero-order chi connectivity index (χ0) is 38.6. The Morgan fingerprint density at radius 1 is 0.792 bits per heavy atom. The number of unbranched alkanes of at least 4 members (excludes halogenated alkanes) is 2. The fourth-order valence-corrected chi connectivity index (χ4v) is 6.50. The maximum Gasteiger partial charge on any atom is 0.314 e. The van der Waals surface area contributed by atoms with Crippen molar-refractivity contribution in [2.75, 3.05) is 39.8 Å².